The number of rotatable bonds is 11. The summed E-state index contributed by atoms with van der Waals surface area (Å²) in [6.45, 7) is 7.49. The van der Waals surface area contributed by atoms with Crippen molar-refractivity contribution in [1.82, 2.24) is 4.90 Å². The third-order valence-corrected chi connectivity index (χ3v) is 5.71. The zero-order valence-corrected chi connectivity index (χ0v) is 19.8. The molecule has 1 aromatic heterocycles. The lowest BCUT2D eigenvalue weighted by atomic mass is 9.98. The summed E-state index contributed by atoms with van der Waals surface area (Å²) in [5.74, 6) is -0.968. The molecule has 31 heavy (non-hydrogen) atoms. The first kappa shape index (κ1) is 25.4. The lowest BCUT2D eigenvalue weighted by Gasteiger charge is -2.28. The third kappa shape index (κ3) is 6.54. The van der Waals surface area contributed by atoms with Crippen molar-refractivity contribution in [1.29, 1.82) is 0 Å². The second-order valence-electron chi connectivity index (χ2n) is 7.77. The van der Waals surface area contributed by atoms with E-state index in [4.69, 9.17) is 23.7 Å². The molecule has 0 bridgehead atoms. The molecule has 0 aliphatic carbocycles. The number of aliphatic hydroxyl groups is 1. The molecule has 0 radical (unpaired) electrons. The topological polar surface area (TPSA) is 116 Å². The highest BCUT2D eigenvalue weighted by Gasteiger charge is 2.44. The molecule has 10 heteroatoms. The number of ether oxygens (including phenoxy) is 3. The second-order valence-corrected chi connectivity index (χ2v) is 8.63. The second kappa shape index (κ2) is 11.6. The number of carbonyl (C=O) groups excluding carboxylic acids is 3. The van der Waals surface area contributed by atoms with Crippen LogP contribution in [0.4, 0.5) is 4.79 Å². The fraction of sp³-hybridized carbons (Fsp3) is 0.667. The highest BCUT2D eigenvalue weighted by Crippen LogP contribution is 2.35. The summed E-state index contributed by atoms with van der Waals surface area (Å²) in [5, 5.41) is 8.75. The maximum atomic E-state index is 13.2. The van der Waals surface area contributed by atoms with E-state index in [1.165, 1.54) is 6.92 Å². The Morgan fingerprint density at radius 1 is 1.32 bits per heavy atom. The molecule has 0 saturated carbocycles. The van der Waals surface area contributed by atoms with Gasteiger partial charge in [0, 0.05) is 20.0 Å². The van der Waals surface area contributed by atoms with E-state index in [0.717, 1.165) is 4.90 Å². The molecule has 9 nitrogen and oxygen atoms in total. The zero-order valence-electron chi connectivity index (χ0n) is 18.3. The number of hydrogen-bond acceptors (Lipinski definition) is 8. The number of carbonyl (C=O) groups is 3. The third-order valence-electron chi connectivity index (χ3n) is 5.03. The van der Waals surface area contributed by atoms with Gasteiger partial charge in [0.2, 0.25) is 5.91 Å². The number of furan rings is 1. The summed E-state index contributed by atoms with van der Waals surface area (Å²) >= 11 is 3.44. The minimum absolute atomic E-state index is 0.0205. The van der Waals surface area contributed by atoms with E-state index in [2.05, 4.69) is 15.9 Å². The predicted octanol–water partition coefficient (Wildman–Crippen LogP) is 3.23. The lowest BCUT2D eigenvalue weighted by Crippen LogP contribution is -2.45. The van der Waals surface area contributed by atoms with E-state index < -0.39 is 30.0 Å². The Kier molecular flexibility index (Phi) is 9.52. The highest BCUT2D eigenvalue weighted by molar-refractivity contribution is 9.10. The number of amides is 2. The van der Waals surface area contributed by atoms with E-state index in [9.17, 15) is 14.4 Å². The smallest absolute Gasteiger partial charge is 0.416 e. The molecule has 0 spiro atoms. The van der Waals surface area contributed by atoms with Gasteiger partial charge in [0.1, 0.15) is 18.1 Å². The Morgan fingerprint density at radius 3 is 2.65 bits per heavy atom. The largest absolute Gasteiger partial charge is 0.461 e. The molecule has 2 heterocycles. The standard InChI is InChI=1S/C21H30BrNO8/c1-12(2)16-11-29-21(27)23(16)20(26)13(3)19(30-14(4)25)18-10-15(22)17(31-18)6-5-8-28-9-7-24/h10,12-13,16,19,24H,5-9,11H2,1-4H3/t13-,16+,19-/m1/s1. The van der Waals surface area contributed by atoms with Gasteiger partial charge in [0.05, 0.1) is 29.6 Å². The van der Waals surface area contributed by atoms with Crippen LogP contribution in [0.3, 0.4) is 0 Å². The number of imide groups is 1. The first-order valence-corrected chi connectivity index (χ1v) is 11.1. The molecule has 3 atom stereocenters. The van der Waals surface area contributed by atoms with Crippen molar-refractivity contribution in [3.63, 3.8) is 0 Å². The van der Waals surface area contributed by atoms with Gasteiger partial charge in [-0.15, -0.1) is 0 Å². The summed E-state index contributed by atoms with van der Waals surface area (Å²) in [7, 11) is 0. The Labute approximate surface area is 190 Å². The summed E-state index contributed by atoms with van der Waals surface area (Å²) in [4.78, 5) is 38.2. The molecule has 1 N–H and O–H groups in total. The van der Waals surface area contributed by atoms with E-state index in [1.807, 2.05) is 13.8 Å². The number of aliphatic hydroxyl groups excluding tert-OH is 1. The van der Waals surface area contributed by atoms with Gasteiger partial charge in [-0.1, -0.05) is 13.8 Å². The molecule has 2 rings (SSSR count). The normalized spacial score (nSPS) is 18.2. The molecule has 1 saturated heterocycles. The molecule has 1 aliphatic heterocycles. The van der Waals surface area contributed by atoms with Crippen LogP contribution in [0.1, 0.15) is 51.7 Å². The predicted molar refractivity (Wildman–Crippen MR) is 113 cm³/mol. The Bertz CT molecular complexity index is 777. The molecular weight excluding hydrogens is 474 g/mol. The number of halogens is 1. The van der Waals surface area contributed by atoms with E-state index in [0.29, 0.717) is 35.4 Å². The minimum Gasteiger partial charge on any atom is -0.461 e. The quantitative estimate of drug-likeness (QED) is 0.361. The van der Waals surface area contributed by atoms with Crippen molar-refractivity contribution in [2.24, 2.45) is 11.8 Å². The first-order valence-electron chi connectivity index (χ1n) is 10.3. The lowest BCUT2D eigenvalue weighted by molar-refractivity contribution is -0.155. The number of nitrogens with zero attached hydrogens (tertiary/aromatic N) is 1. The van der Waals surface area contributed by atoms with E-state index in [1.54, 1.807) is 13.0 Å². The van der Waals surface area contributed by atoms with Crippen LogP contribution in [0.25, 0.3) is 0 Å². The van der Waals surface area contributed by atoms with Crippen LogP contribution in [0, 0.1) is 11.8 Å². The van der Waals surface area contributed by atoms with Crippen LogP contribution in [0.5, 0.6) is 0 Å². The Balaban J connectivity index is 2.19. The number of cyclic esters (lactones) is 1. The van der Waals surface area contributed by atoms with Crippen LogP contribution in [-0.4, -0.2) is 60.4 Å². The summed E-state index contributed by atoms with van der Waals surface area (Å²) in [5.41, 5.74) is 0. The van der Waals surface area contributed by atoms with Crippen molar-refractivity contribution < 1.29 is 38.1 Å². The number of hydrogen-bond donors (Lipinski definition) is 1. The van der Waals surface area contributed by atoms with Crippen molar-refractivity contribution in [2.75, 3.05) is 26.4 Å². The fourth-order valence-corrected chi connectivity index (χ4v) is 3.86. The van der Waals surface area contributed by atoms with Crippen LogP contribution >= 0.6 is 15.9 Å². The molecule has 1 aliphatic rings. The maximum Gasteiger partial charge on any atom is 0.416 e. The highest BCUT2D eigenvalue weighted by atomic mass is 79.9. The average Bonchev–Trinajstić information content (AvgIpc) is 3.27. The van der Waals surface area contributed by atoms with Gasteiger partial charge < -0.3 is 23.7 Å². The van der Waals surface area contributed by atoms with Crippen LogP contribution < -0.4 is 0 Å². The molecule has 174 valence electrons. The van der Waals surface area contributed by atoms with Crippen LogP contribution in [0.15, 0.2) is 15.0 Å². The first-order chi connectivity index (χ1) is 14.7. The average molecular weight is 504 g/mol. The van der Waals surface area contributed by atoms with Crippen molar-refractivity contribution in [2.45, 2.75) is 52.7 Å². The molecular formula is C21H30BrNO8. The van der Waals surface area contributed by atoms with Gasteiger partial charge in [-0.2, -0.15) is 0 Å². The summed E-state index contributed by atoms with van der Waals surface area (Å²) in [6, 6.07) is 1.29. The molecule has 2 amide bonds. The summed E-state index contributed by atoms with van der Waals surface area (Å²) < 4.78 is 22.3. The molecule has 1 fully saturated rings. The molecule has 1 aromatic rings. The Hall–Kier alpha value is -1.91. The molecule has 0 unspecified atom stereocenters. The SMILES string of the molecule is CC(=O)O[C@@H](c1cc(Br)c(CCCOCCO)o1)[C@@H](C)C(=O)N1C(=O)OC[C@H]1C(C)C. The zero-order chi connectivity index (χ0) is 23.1. The number of aryl methyl sites for hydroxylation is 1. The fourth-order valence-electron chi connectivity index (χ4n) is 3.35. The van der Waals surface area contributed by atoms with E-state index >= 15 is 0 Å². The van der Waals surface area contributed by atoms with Crippen LogP contribution in [-0.2, 0) is 30.2 Å². The van der Waals surface area contributed by atoms with E-state index in [-0.39, 0.29) is 31.8 Å². The number of esters is 1. The minimum atomic E-state index is -0.998. The van der Waals surface area contributed by atoms with Gasteiger partial charge in [-0.25, -0.2) is 9.69 Å². The Morgan fingerprint density at radius 2 is 2.03 bits per heavy atom. The molecule has 0 aromatic carbocycles. The monoisotopic (exact) mass is 503 g/mol. The van der Waals surface area contributed by atoms with Crippen LogP contribution in [0.2, 0.25) is 0 Å². The van der Waals surface area contributed by atoms with Crippen molar-refractivity contribution >= 4 is 33.9 Å². The van der Waals surface area contributed by atoms with Gasteiger partial charge in [-0.3, -0.25) is 9.59 Å². The van der Waals surface area contributed by atoms with Crippen molar-refractivity contribution in [3.05, 3.63) is 22.1 Å². The van der Waals surface area contributed by atoms with Gasteiger partial charge in [-0.05, 0) is 41.3 Å². The van der Waals surface area contributed by atoms with Gasteiger partial charge in [0.25, 0.3) is 0 Å². The van der Waals surface area contributed by atoms with Gasteiger partial charge >= 0.3 is 12.1 Å². The van der Waals surface area contributed by atoms with Crippen molar-refractivity contribution in [3.8, 4) is 0 Å². The summed E-state index contributed by atoms with van der Waals surface area (Å²) in [6.07, 6.45) is -0.480. The maximum absolute atomic E-state index is 13.2. The van der Waals surface area contributed by atoms with Gasteiger partial charge in [0.15, 0.2) is 6.10 Å².